The molecule has 1 aromatic carbocycles. The third-order valence-electron chi connectivity index (χ3n) is 8.95. The highest BCUT2D eigenvalue weighted by Crippen LogP contribution is 2.23. The molecule has 0 radical (unpaired) electrons. The van der Waals surface area contributed by atoms with Gasteiger partial charge in [-0.2, -0.15) is 11.8 Å². The maximum Gasteiger partial charge on any atom is 0.409 e. The van der Waals surface area contributed by atoms with Gasteiger partial charge >= 0.3 is 12.1 Å². The number of carbonyl (C=O) groups is 8. The first-order valence-electron chi connectivity index (χ1n) is 18.8. The number of unbranched alkanes of at least 4 members (excludes halogenated alkanes) is 2. The number of nitrogens with one attached hydrogen (secondary N) is 3. The van der Waals surface area contributed by atoms with Crippen LogP contribution in [-0.4, -0.2) is 126 Å². The molecule has 1 aromatic rings. The summed E-state index contributed by atoms with van der Waals surface area (Å²) in [4.78, 5) is 108. The summed E-state index contributed by atoms with van der Waals surface area (Å²) in [7, 11) is 3.26. The summed E-state index contributed by atoms with van der Waals surface area (Å²) in [6.45, 7) is 8.15. The van der Waals surface area contributed by atoms with Gasteiger partial charge in [0, 0.05) is 64.7 Å². The van der Waals surface area contributed by atoms with Crippen molar-refractivity contribution in [3.05, 3.63) is 29.8 Å². The fraction of sp³-hybridized carbons (Fsp3) is 0.605. The Morgan fingerprint density at radius 3 is 2.20 bits per heavy atom. The van der Waals surface area contributed by atoms with Gasteiger partial charge in [0.1, 0.15) is 18.4 Å². The summed E-state index contributed by atoms with van der Waals surface area (Å²) in [5.74, 6) is -2.63. The number of anilines is 1. The maximum atomic E-state index is 13.4. The second-order valence-corrected chi connectivity index (χ2v) is 15.3. The normalized spacial score (nSPS) is 14.8. The Labute approximate surface area is 333 Å². The molecule has 2 rings (SSSR count). The largest absolute Gasteiger partial charge is 0.445 e. The van der Waals surface area contributed by atoms with Crippen LogP contribution in [0.25, 0.3) is 0 Å². The molecule has 1 aliphatic heterocycles. The first-order valence-corrected chi connectivity index (χ1v) is 20.1. The molecule has 0 spiro atoms. The number of ether oxygens (including phenoxy) is 1. The van der Waals surface area contributed by atoms with Crippen LogP contribution >= 0.6 is 11.8 Å². The van der Waals surface area contributed by atoms with E-state index in [1.807, 2.05) is 0 Å². The van der Waals surface area contributed by atoms with Crippen LogP contribution in [-0.2, 0) is 40.1 Å². The molecule has 0 aromatic heterocycles. The molecular formula is C38H58N8O9S. The van der Waals surface area contributed by atoms with E-state index in [4.69, 9.17) is 10.5 Å². The highest BCUT2D eigenvalue weighted by Gasteiger charge is 2.37. The third-order valence-corrected chi connectivity index (χ3v) is 9.88. The number of thioether (sulfide) groups is 1. The first-order chi connectivity index (χ1) is 26.4. The first kappa shape index (κ1) is 47.2. The zero-order chi connectivity index (χ0) is 41.9. The van der Waals surface area contributed by atoms with Crippen LogP contribution in [0.3, 0.4) is 0 Å². The number of aliphatic imine (C=N–C) groups is 1. The average Bonchev–Trinajstić information content (AvgIpc) is 3.43. The number of likely N-dealkylation sites (N-methyl/N-ethyl adjacent to an activating group) is 2. The van der Waals surface area contributed by atoms with Gasteiger partial charge in [-0.3, -0.25) is 33.7 Å². The lowest BCUT2D eigenvalue weighted by Gasteiger charge is -2.23. The van der Waals surface area contributed by atoms with Gasteiger partial charge in [-0.1, -0.05) is 46.2 Å². The van der Waals surface area contributed by atoms with Gasteiger partial charge in [0.25, 0.3) is 11.8 Å². The highest BCUT2D eigenvalue weighted by molar-refractivity contribution is 8.00. The van der Waals surface area contributed by atoms with Gasteiger partial charge in [-0.25, -0.2) is 14.6 Å². The second-order valence-electron chi connectivity index (χ2n) is 14.2. The van der Waals surface area contributed by atoms with Crippen molar-refractivity contribution in [1.82, 2.24) is 25.3 Å². The predicted molar refractivity (Wildman–Crippen MR) is 214 cm³/mol. The van der Waals surface area contributed by atoms with E-state index in [-0.39, 0.29) is 85.3 Å². The number of amides is 9. The summed E-state index contributed by atoms with van der Waals surface area (Å²) < 4.78 is 5.39. The van der Waals surface area contributed by atoms with Crippen molar-refractivity contribution in [2.24, 2.45) is 22.6 Å². The molecule has 9 amide bonds. The maximum absolute atomic E-state index is 13.4. The Hall–Kier alpha value is -5.00. The molecule has 0 bridgehead atoms. The lowest BCUT2D eigenvalue weighted by molar-refractivity contribution is -0.138. The summed E-state index contributed by atoms with van der Waals surface area (Å²) in [5, 5.41) is 7.54. The van der Waals surface area contributed by atoms with Crippen LogP contribution in [0.5, 0.6) is 0 Å². The number of imide groups is 1. The second kappa shape index (κ2) is 23.8. The third kappa shape index (κ3) is 16.0. The van der Waals surface area contributed by atoms with Crippen molar-refractivity contribution in [2.45, 2.75) is 90.5 Å². The minimum absolute atomic E-state index is 0.0132. The number of hydrogen-bond acceptors (Lipinski definition) is 10. The Kier molecular flexibility index (Phi) is 20.1. The standard InChI is InChI=1S/C38H58N8O9S/c1-24(2)32(43-30(47)13-9-8-10-19-46-31(48)22-29(56-7)36(46)52)34(50)42-28(12-11-18-40-37(39)53)33(49)41-27-16-14-26(15-17-27)23-55-38(54)45(6)21-20-44(5)35(51)25(3)4/h14-17,24-25,29,32H,8-13,18-23H2,1-7H3,(H,41,49)(H,43,47)(H3,39,40,53)/t29?,32-/m0/s1. The van der Waals surface area contributed by atoms with E-state index >= 15 is 0 Å². The van der Waals surface area contributed by atoms with E-state index in [1.165, 1.54) is 21.6 Å². The molecule has 18 heteroatoms. The number of hydrogen-bond donors (Lipinski definition) is 4. The molecule has 17 nitrogen and oxygen atoms in total. The van der Waals surface area contributed by atoms with Crippen molar-refractivity contribution in [3.63, 3.8) is 0 Å². The van der Waals surface area contributed by atoms with Gasteiger partial charge in [0.15, 0.2) is 0 Å². The predicted octanol–water partition coefficient (Wildman–Crippen LogP) is 2.92. The smallest absolute Gasteiger partial charge is 0.409 e. The van der Waals surface area contributed by atoms with E-state index in [1.54, 1.807) is 77.2 Å². The lowest BCUT2D eigenvalue weighted by Crippen LogP contribution is -2.44. The highest BCUT2D eigenvalue weighted by atomic mass is 32.2. The zero-order valence-electron chi connectivity index (χ0n) is 33.6. The van der Waals surface area contributed by atoms with Crippen LogP contribution in [0, 0.1) is 11.8 Å². The molecule has 1 saturated heterocycles. The summed E-state index contributed by atoms with van der Waals surface area (Å²) in [6, 6.07) is 4.77. The van der Waals surface area contributed by atoms with Crippen LogP contribution < -0.4 is 21.7 Å². The fourth-order valence-electron chi connectivity index (χ4n) is 5.54. The number of rotatable bonds is 22. The monoisotopic (exact) mass is 802 g/mol. The van der Waals surface area contributed by atoms with Crippen LogP contribution in [0.1, 0.15) is 78.2 Å². The zero-order valence-corrected chi connectivity index (χ0v) is 34.4. The SMILES string of the molecule is CSC1CC(=O)N(CCCCCC(=O)N[C@H](C(=O)N=C(CCCNC(N)=O)C(=O)Nc2ccc(COC(=O)N(C)CCN(C)C(=O)C(C)C)cc2)C(C)C)C1=O. The molecule has 1 aliphatic rings. The fourth-order valence-corrected chi connectivity index (χ4v) is 6.18. The number of carbonyl (C=O) groups excluding carboxylic acids is 8. The molecular weight excluding hydrogens is 745 g/mol. The van der Waals surface area contributed by atoms with Gasteiger partial charge in [0.2, 0.25) is 23.6 Å². The van der Waals surface area contributed by atoms with Gasteiger partial charge in [0.05, 0.1) is 5.25 Å². The molecule has 5 N–H and O–H groups in total. The number of nitrogens with zero attached hydrogens (tertiary/aromatic N) is 4. The van der Waals surface area contributed by atoms with Crippen molar-refractivity contribution in [3.8, 4) is 0 Å². The van der Waals surface area contributed by atoms with Crippen LogP contribution in [0.15, 0.2) is 29.3 Å². The Morgan fingerprint density at radius 2 is 1.61 bits per heavy atom. The quantitative estimate of drug-likeness (QED) is 0.0761. The molecule has 310 valence electrons. The molecule has 0 aliphatic carbocycles. The minimum Gasteiger partial charge on any atom is -0.445 e. The van der Waals surface area contributed by atoms with E-state index < -0.39 is 30.0 Å². The Bertz CT molecular complexity index is 1580. The van der Waals surface area contributed by atoms with Crippen molar-refractivity contribution < 1.29 is 43.1 Å². The number of nitrogens with two attached hydrogens (primary N) is 1. The lowest BCUT2D eigenvalue weighted by atomic mass is 10.0. The number of benzene rings is 1. The molecule has 2 atom stereocenters. The number of primary amides is 1. The van der Waals surface area contributed by atoms with E-state index in [0.29, 0.717) is 50.1 Å². The Balaban J connectivity index is 1.98. The number of urea groups is 1. The van der Waals surface area contributed by atoms with Crippen molar-refractivity contribution in [1.29, 1.82) is 0 Å². The molecule has 1 unspecified atom stereocenters. The van der Waals surface area contributed by atoms with Crippen molar-refractivity contribution in [2.75, 3.05) is 51.8 Å². The van der Waals surface area contributed by atoms with E-state index in [9.17, 15) is 38.4 Å². The molecule has 1 heterocycles. The molecule has 0 saturated carbocycles. The molecule has 1 fully saturated rings. The summed E-state index contributed by atoms with van der Waals surface area (Å²) in [5.41, 5.74) is 6.07. The van der Waals surface area contributed by atoms with Gasteiger partial charge in [-0.05, 0) is 55.6 Å². The van der Waals surface area contributed by atoms with E-state index in [2.05, 4.69) is 20.9 Å². The average molecular weight is 803 g/mol. The van der Waals surface area contributed by atoms with Gasteiger partial charge < -0.3 is 36.2 Å². The summed E-state index contributed by atoms with van der Waals surface area (Å²) >= 11 is 1.36. The summed E-state index contributed by atoms with van der Waals surface area (Å²) in [6.07, 6.45) is 3.46. The van der Waals surface area contributed by atoms with Crippen LogP contribution in [0.4, 0.5) is 15.3 Å². The van der Waals surface area contributed by atoms with Crippen LogP contribution in [0.2, 0.25) is 0 Å². The minimum atomic E-state index is -1.01. The van der Waals surface area contributed by atoms with Crippen molar-refractivity contribution >= 4 is 70.7 Å². The number of likely N-dealkylation sites (tertiary alicyclic amines) is 1. The topological polar surface area (TPSA) is 230 Å². The Morgan fingerprint density at radius 1 is 0.946 bits per heavy atom. The van der Waals surface area contributed by atoms with Gasteiger partial charge in [-0.15, -0.1) is 0 Å². The molecule has 56 heavy (non-hydrogen) atoms. The van der Waals surface area contributed by atoms with E-state index in [0.717, 1.165) is 0 Å².